The zero-order chi connectivity index (χ0) is 25.4. The van der Waals surface area contributed by atoms with E-state index < -0.39 is 59.0 Å². The van der Waals surface area contributed by atoms with Crippen LogP contribution < -0.4 is 9.64 Å². The van der Waals surface area contributed by atoms with Gasteiger partial charge in [-0.2, -0.15) is 18.2 Å². The van der Waals surface area contributed by atoms with Crippen LogP contribution in [0, 0.1) is 5.82 Å². The van der Waals surface area contributed by atoms with Crippen LogP contribution >= 0.6 is 23.4 Å². The van der Waals surface area contributed by atoms with Gasteiger partial charge in [0.2, 0.25) is 12.0 Å². The van der Waals surface area contributed by atoms with E-state index in [1.165, 1.54) is 9.80 Å². The smallest absolute Gasteiger partial charge is 0.427 e. The van der Waals surface area contributed by atoms with Crippen molar-refractivity contribution in [2.24, 2.45) is 0 Å². The van der Waals surface area contributed by atoms with E-state index in [1.54, 1.807) is 27.0 Å². The molecule has 8 nitrogen and oxygen atoms in total. The van der Waals surface area contributed by atoms with Crippen LogP contribution in [0.1, 0.15) is 33.6 Å². The number of nitrogens with zero attached hydrogens (tertiary/aromatic N) is 5. The summed E-state index contributed by atoms with van der Waals surface area (Å²) in [4.78, 5) is 28.3. The van der Waals surface area contributed by atoms with Crippen LogP contribution in [0.4, 0.5) is 28.2 Å². The molecule has 1 amide bonds. The molecule has 2 fully saturated rings. The second-order valence-corrected chi connectivity index (χ2v) is 10.8. The van der Waals surface area contributed by atoms with Crippen molar-refractivity contribution in [3.05, 3.63) is 11.0 Å². The monoisotopic (exact) mass is 535 g/mol. The first-order valence-corrected chi connectivity index (χ1v) is 12.5. The Labute approximate surface area is 207 Å². The average molecular weight is 536 g/mol. The minimum Gasteiger partial charge on any atom is -0.462 e. The summed E-state index contributed by atoms with van der Waals surface area (Å²) in [7, 11) is 0. The van der Waals surface area contributed by atoms with Crippen molar-refractivity contribution in [2.45, 2.75) is 74.8 Å². The molecule has 3 aliphatic rings. The highest BCUT2D eigenvalue weighted by molar-refractivity contribution is 7.98. The van der Waals surface area contributed by atoms with E-state index >= 15 is 0 Å². The Kier molecular flexibility index (Phi) is 5.66. The molecule has 0 aliphatic carbocycles. The zero-order valence-corrected chi connectivity index (χ0v) is 20.8. The number of halogens is 5. The molecule has 2 bridgehead atoms. The highest BCUT2D eigenvalue weighted by Crippen LogP contribution is 2.48. The number of fused-ring (bicyclic) bond motifs is 5. The number of carbonyl (C=O) groups excluding carboxylic acids is 1. The largest absolute Gasteiger partial charge is 0.462 e. The van der Waals surface area contributed by atoms with Gasteiger partial charge in [-0.15, -0.1) is 0 Å². The Balaban J connectivity index is 1.71. The Morgan fingerprint density at radius 1 is 1.20 bits per heavy atom. The standard InChI is InChI=1S/C21H22ClF4N5O3S/c1-20(2,3)34-19(32)31-8-5-6-9(31)13-14(21(24,25)26)33-17-10-12(11(23)15(22)28-17)27-18(35-4)29-16(10)30(13)7-8/h8-9,13-14H,5-7H2,1-4H3/t8-,9+,13-,14?/m1/s1. The van der Waals surface area contributed by atoms with Crippen molar-refractivity contribution in [2.75, 3.05) is 17.7 Å². The van der Waals surface area contributed by atoms with Gasteiger partial charge in [-0.3, -0.25) is 4.90 Å². The topological polar surface area (TPSA) is 80.7 Å². The molecule has 2 saturated heterocycles. The van der Waals surface area contributed by atoms with Crippen molar-refractivity contribution in [3.8, 4) is 5.88 Å². The van der Waals surface area contributed by atoms with Gasteiger partial charge in [0.05, 0.1) is 18.1 Å². The van der Waals surface area contributed by atoms with Gasteiger partial charge in [-0.25, -0.2) is 19.2 Å². The van der Waals surface area contributed by atoms with Gasteiger partial charge in [0.15, 0.2) is 16.1 Å². The highest BCUT2D eigenvalue weighted by Gasteiger charge is 2.61. The number of amides is 1. The molecule has 1 unspecified atom stereocenters. The lowest BCUT2D eigenvalue weighted by Crippen LogP contribution is -2.68. The molecular formula is C21H22ClF4N5O3S. The normalized spacial score (nSPS) is 25.9. The predicted molar refractivity (Wildman–Crippen MR) is 121 cm³/mol. The van der Waals surface area contributed by atoms with Crippen LogP contribution in [-0.4, -0.2) is 74.8 Å². The maximum atomic E-state index is 15.0. The lowest BCUT2D eigenvalue weighted by molar-refractivity contribution is -0.206. The molecule has 2 aromatic heterocycles. The number of thioether (sulfide) groups is 1. The molecule has 0 saturated carbocycles. The van der Waals surface area contributed by atoms with Gasteiger partial charge < -0.3 is 14.4 Å². The minimum atomic E-state index is -4.84. The third-order valence-electron chi connectivity index (χ3n) is 6.31. The maximum Gasteiger partial charge on any atom is 0.427 e. The molecule has 35 heavy (non-hydrogen) atoms. The van der Waals surface area contributed by atoms with E-state index in [-0.39, 0.29) is 28.4 Å². The van der Waals surface area contributed by atoms with Gasteiger partial charge in [0, 0.05) is 6.54 Å². The Morgan fingerprint density at radius 3 is 2.54 bits per heavy atom. The molecule has 190 valence electrons. The SMILES string of the molecule is CSc1nc2c3c(nc(Cl)c(F)c3n1)OC(C(F)(F)F)[C@H]1[C@@H]3CC[C@H](CN21)N3C(=O)OC(C)(C)C. The first-order valence-electron chi connectivity index (χ1n) is 10.9. The summed E-state index contributed by atoms with van der Waals surface area (Å²) in [5, 5.41) is -0.570. The quantitative estimate of drug-likeness (QED) is 0.223. The number of hydrogen-bond acceptors (Lipinski definition) is 8. The first-order chi connectivity index (χ1) is 16.3. The number of hydrogen-bond donors (Lipinski definition) is 0. The van der Waals surface area contributed by atoms with Crippen molar-refractivity contribution in [1.82, 2.24) is 19.9 Å². The van der Waals surface area contributed by atoms with E-state index in [2.05, 4.69) is 15.0 Å². The predicted octanol–water partition coefficient (Wildman–Crippen LogP) is 4.82. The van der Waals surface area contributed by atoms with Gasteiger partial charge in [-0.05, 0) is 39.9 Å². The molecule has 0 radical (unpaired) electrons. The van der Waals surface area contributed by atoms with Crippen molar-refractivity contribution in [1.29, 1.82) is 0 Å². The third-order valence-corrected chi connectivity index (χ3v) is 7.11. The van der Waals surface area contributed by atoms with Gasteiger partial charge >= 0.3 is 12.3 Å². The molecule has 2 aromatic rings. The van der Waals surface area contributed by atoms with Gasteiger partial charge in [-0.1, -0.05) is 23.4 Å². The number of carbonyl (C=O) groups is 1. The van der Waals surface area contributed by atoms with E-state index in [1.807, 2.05) is 0 Å². The summed E-state index contributed by atoms with van der Waals surface area (Å²) < 4.78 is 69.4. The van der Waals surface area contributed by atoms with E-state index in [9.17, 15) is 22.4 Å². The molecule has 3 aliphatic heterocycles. The minimum absolute atomic E-state index is 0.0277. The van der Waals surface area contributed by atoms with Crippen LogP contribution in [0.3, 0.4) is 0 Å². The molecule has 5 heterocycles. The number of piperazine rings is 1. The van der Waals surface area contributed by atoms with E-state index in [0.29, 0.717) is 12.8 Å². The fourth-order valence-electron chi connectivity index (χ4n) is 5.09. The van der Waals surface area contributed by atoms with Gasteiger partial charge in [0.25, 0.3) is 0 Å². The Bertz CT molecular complexity index is 1210. The summed E-state index contributed by atoms with van der Waals surface area (Å²) >= 11 is 7.02. The summed E-state index contributed by atoms with van der Waals surface area (Å²) in [5.74, 6) is -1.38. The number of alkyl halides is 3. The second-order valence-electron chi connectivity index (χ2n) is 9.69. The van der Waals surface area contributed by atoms with Crippen LogP contribution in [0.5, 0.6) is 5.88 Å². The molecule has 5 rings (SSSR count). The average Bonchev–Trinajstić information content (AvgIpc) is 2.99. The molecular weight excluding hydrogens is 514 g/mol. The fourth-order valence-corrected chi connectivity index (χ4v) is 5.61. The van der Waals surface area contributed by atoms with E-state index in [0.717, 1.165) is 11.8 Å². The van der Waals surface area contributed by atoms with Crippen LogP contribution in [-0.2, 0) is 4.74 Å². The van der Waals surface area contributed by atoms with Crippen LogP contribution in [0.25, 0.3) is 10.9 Å². The number of ether oxygens (including phenoxy) is 2. The number of rotatable bonds is 1. The lowest BCUT2D eigenvalue weighted by Gasteiger charge is -2.48. The first kappa shape index (κ1) is 24.4. The summed E-state index contributed by atoms with van der Waals surface area (Å²) in [5.41, 5.74) is -1.09. The van der Waals surface area contributed by atoms with Gasteiger partial charge in [0.1, 0.15) is 22.3 Å². The number of pyridine rings is 1. The van der Waals surface area contributed by atoms with Crippen molar-refractivity contribution < 1.29 is 31.8 Å². The Morgan fingerprint density at radius 2 is 1.91 bits per heavy atom. The van der Waals surface area contributed by atoms with E-state index in [4.69, 9.17) is 21.1 Å². The number of aromatic nitrogens is 3. The Hall–Kier alpha value is -2.28. The third kappa shape index (κ3) is 4.00. The molecule has 4 atom stereocenters. The van der Waals surface area contributed by atoms with Crippen molar-refractivity contribution >= 4 is 46.2 Å². The summed E-state index contributed by atoms with van der Waals surface area (Å²) in [6.07, 6.45) is -5.46. The van der Waals surface area contributed by atoms with Crippen LogP contribution in [0.2, 0.25) is 5.15 Å². The lowest BCUT2D eigenvalue weighted by atomic mass is 9.96. The fraction of sp³-hybridized carbons (Fsp3) is 0.619. The molecule has 0 spiro atoms. The maximum absolute atomic E-state index is 15.0. The zero-order valence-electron chi connectivity index (χ0n) is 19.2. The molecule has 0 aromatic carbocycles. The van der Waals surface area contributed by atoms with Crippen molar-refractivity contribution in [3.63, 3.8) is 0 Å². The molecule has 14 heteroatoms. The summed E-state index contributed by atoms with van der Waals surface area (Å²) in [6, 6.07) is -2.67. The summed E-state index contributed by atoms with van der Waals surface area (Å²) in [6.45, 7) is 5.11. The molecule has 0 N–H and O–H groups in total. The number of anilines is 1. The second kappa shape index (κ2) is 8.12. The highest BCUT2D eigenvalue weighted by atomic mass is 35.5. The van der Waals surface area contributed by atoms with Crippen LogP contribution in [0.15, 0.2) is 5.16 Å².